The van der Waals surface area contributed by atoms with Crippen molar-refractivity contribution in [2.45, 2.75) is 6.92 Å². The summed E-state index contributed by atoms with van der Waals surface area (Å²) in [7, 11) is 0. The first-order valence-electron chi connectivity index (χ1n) is 5.01. The Morgan fingerprint density at radius 1 is 1.28 bits per heavy atom. The van der Waals surface area contributed by atoms with Crippen LogP contribution in [0, 0.1) is 11.3 Å². The minimum Gasteiger partial charge on any atom is -0.312 e. The summed E-state index contributed by atoms with van der Waals surface area (Å²) in [5, 5.41) is 13.8. The number of anilines is 1. The number of nitrogens with one attached hydrogen (secondary N) is 1. The van der Waals surface area contributed by atoms with Gasteiger partial charge in [-0.1, -0.05) is 0 Å². The molecule has 0 radical (unpaired) electrons. The largest absolute Gasteiger partial charge is 0.312 e. The minimum atomic E-state index is -0.300. The molecule has 0 unspecified atom stereocenters. The number of hydrogen-bond donors (Lipinski definition) is 1. The van der Waals surface area contributed by atoms with Crippen LogP contribution in [0.15, 0.2) is 23.6 Å². The van der Waals surface area contributed by atoms with Gasteiger partial charge in [-0.05, 0) is 30.5 Å². The molecule has 0 aliphatic rings. The molecule has 2 heterocycles. The van der Waals surface area contributed by atoms with Gasteiger partial charge in [-0.3, -0.25) is 9.59 Å². The predicted molar refractivity (Wildman–Crippen MR) is 71.3 cm³/mol. The smallest absolute Gasteiger partial charge is 0.266 e. The van der Waals surface area contributed by atoms with Crippen LogP contribution in [0.4, 0.5) is 5.00 Å². The quantitative estimate of drug-likeness (QED) is 0.875. The first-order chi connectivity index (χ1) is 8.61. The molecule has 2 aromatic heterocycles. The number of carbonyl (C=O) groups excluding carboxylic acids is 2. The molecule has 0 fully saturated rings. The summed E-state index contributed by atoms with van der Waals surface area (Å²) in [5.74, 6) is -0.362. The van der Waals surface area contributed by atoms with E-state index >= 15 is 0 Å². The SMILES string of the molecule is CC(=O)c1ccc(C(=O)Nc2sccc2C#N)s1. The molecule has 0 saturated heterocycles. The Labute approximate surface area is 111 Å². The van der Waals surface area contributed by atoms with Gasteiger partial charge in [0.2, 0.25) is 0 Å². The lowest BCUT2D eigenvalue weighted by molar-refractivity contribution is 0.101. The van der Waals surface area contributed by atoms with Crippen molar-refractivity contribution < 1.29 is 9.59 Å². The summed E-state index contributed by atoms with van der Waals surface area (Å²) in [6.45, 7) is 1.46. The van der Waals surface area contributed by atoms with E-state index in [2.05, 4.69) is 5.32 Å². The number of Topliss-reactive ketones (excluding diaryl/α,β-unsaturated/α-hetero) is 1. The van der Waals surface area contributed by atoms with Crippen LogP contribution in [0.2, 0.25) is 0 Å². The van der Waals surface area contributed by atoms with Crippen LogP contribution in [0.1, 0.15) is 31.8 Å². The Morgan fingerprint density at radius 2 is 2.00 bits per heavy atom. The maximum atomic E-state index is 11.9. The second-order valence-electron chi connectivity index (χ2n) is 3.45. The van der Waals surface area contributed by atoms with Gasteiger partial charge in [0.15, 0.2) is 5.78 Å². The van der Waals surface area contributed by atoms with E-state index in [4.69, 9.17) is 5.26 Å². The van der Waals surface area contributed by atoms with Crippen molar-refractivity contribution in [3.63, 3.8) is 0 Å². The Morgan fingerprint density at radius 3 is 2.61 bits per heavy atom. The molecule has 2 rings (SSSR count). The molecule has 0 aliphatic heterocycles. The average Bonchev–Trinajstić information content (AvgIpc) is 2.96. The molecule has 0 bridgehead atoms. The van der Waals surface area contributed by atoms with Crippen LogP contribution < -0.4 is 5.32 Å². The van der Waals surface area contributed by atoms with E-state index in [1.54, 1.807) is 23.6 Å². The number of nitrogens with zero attached hydrogens (tertiary/aromatic N) is 1. The first-order valence-corrected chi connectivity index (χ1v) is 6.71. The van der Waals surface area contributed by atoms with Crippen molar-refractivity contribution in [3.05, 3.63) is 38.9 Å². The fraction of sp³-hybridized carbons (Fsp3) is 0.0833. The van der Waals surface area contributed by atoms with Gasteiger partial charge in [-0.15, -0.1) is 22.7 Å². The van der Waals surface area contributed by atoms with Crippen LogP contribution in [-0.4, -0.2) is 11.7 Å². The van der Waals surface area contributed by atoms with Crippen molar-refractivity contribution in [1.82, 2.24) is 0 Å². The van der Waals surface area contributed by atoms with E-state index in [1.807, 2.05) is 6.07 Å². The lowest BCUT2D eigenvalue weighted by Crippen LogP contribution is -2.09. The summed E-state index contributed by atoms with van der Waals surface area (Å²) in [6.07, 6.45) is 0. The number of ketones is 1. The Kier molecular flexibility index (Phi) is 3.55. The topological polar surface area (TPSA) is 70.0 Å². The molecular weight excluding hydrogens is 268 g/mol. The lowest BCUT2D eigenvalue weighted by atomic mass is 10.3. The highest BCUT2D eigenvalue weighted by atomic mass is 32.1. The molecule has 0 aromatic carbocycles. The second-order valence-corrected chi connectivity index (χ2v) is 5.45. The van der Waals surface area contributed by atoms with Gasteiger partial charge in [0, 0.05) is 0 Å². The van der Waals surface area contributed by atoms with Crippen LogP contribution in [0.5, 0.6) is 0 Å². The van der Waals surface area contributed by atoms with Crippen molar-refractivity contribution in [2.24, 2.45) is 0 Å². The van der Waals surface area contributed by atoms with Gasteiger partial charge in [0.05, 0.1) is 15.3 Å². The van der Waals surface area contributed by atoms with Gasteiger partial charge >= 0.3 is 0 Å². The zero-order valence-corrected chi connectivity index (χ0v) is 11.0. The monoisotopic (exact) mass is 276 g/mol. The second kappa shape index (κ2) is 5.12. The molecule has 0 aliphatic carbocycles. The fourth-order valence-corrected chi connectivity index (χ4v) is 2.84. The van der Waals surface area contributed by atoms with E-state index in [-0.39, 0.29) is 11.7 Å². The van der Waals surface area contributed by atoms with E-state index in [0.717, 1.165) is 11.3 Å². The maximum Gasteiger partial charge on any atom is 0.266 e. The molecule has 90 valence electrons. The summed E-state index contributed by atoms with van der Waals surface area (Å²) in [6, 6.07) is 6.88. The molecule has 0 saturated carbocycles. The minimum absolute atomic E-state index is 0.0621. The van der Waals surface area contributed by atoms with E-state index in [0.29, 0.717) is 20.3 Å². The normalized spacial score (nSPS) is 9.78. The summed E-state index contributed by atoms with van der Waals surface area (Å²) < 4.78 is 0. The Bertz CT molecular complexity index is 649. The van der Waals surface area contributed by atoms with Crippen LogP contribution in [0.25, 0.3) is 0 Å². The summed E-state index contributed by atoms with van der Waals surface area (Å²) >= 11 is 2.44. The molecule has 1 N–H and O–H groups in total. The third kappa shape index (κ3) is 2.47. The highest BCUT2D eigenvalue weighted by Crippen LogP contribution is 2.24. The number of thiophene rings is 2. The van der Waals surface area contributed by atoms with Gasteiger partial charge < -0.3 is 5.32 Å². The molecule has 6 heteroatoms. The summed E-state index contributed by atoms with van der Waals surface area (Å²) in [5.41, 5.74) is 0.441. The third-order valence-electron chi connectivity index (χ3n) is 2.19. The molecule has 1 amide bonds. The highest BCUT2D eigenvalue weighted by molar-refractivity contribution is 7.16. The number of nitriles is 1. The third-order valence-corrected chi connectivity index (χ3v) is 4.20. The van der Waals surface area contributed by atoms with Gasteiger partial charge in [-0.2, -0.15) is 5.26 Å². The molecular formula is C12H8N2O2S2. The molecule has 4 nitrogen and oxygen atoms in total. The number of hydrogen-bond acceptors (Lipinski definition) is 5. The average molecular weight is 276 g/mol. The van der Waals surface area contributed by atoms with Gasteiger partial charge in [0.1, 0.15) is 11.1 Å². The molecule has 0 atom stereocenters. The van der Waals surface area contributed by atoms with Crippen molar-refractivity contribution in [2.75, 3.05) is 5.32 Å². The highest BCUT2D eigenvalue weighted by Gasteiger charge is 2.13. The van der Waals surface area contributed by atoms with E-state index in [1.165, 1.54) is 18.3 Å². The molecule has 18 heavy (non-hydrogen) atoms. The number of amides is 1. The number of carbonyl (C=O) groups is 2. The van der Waals surface area contributed by atoms with Crippen LogP contribution >= 0.6 is 22.7 Å². The number of rotatable bonds is 3. The van der Waals surface area contributed by atoms with Crippen molar-refractivity contribution >= 4 is 39.4 Å². The zero-order chi connectivity index (χ0) is 13.1. The molecule has 0 spiro atoms. The van der Waals surface area contributed by atoms with Crippen molar-refractivity contribution in [1.29, 1.82) is 5.26 Å². The van der Waals surface area contributed by atoms with Gasteiger partial charge in [-0.25, -0.2) is 0 Å². The van der Waals surface area contributed by atoms with Crippen molar-refractivity contribution in [3.8, 4) is 6.07 Å². The zero-order valence-electron chi connectivity index (χ0n) is 9.39. The Balaban J connectivity index is 2.17. The van der Waals surface area contributed by atoms with Gasteiger partial charge in [0.25, 0.3) is 5.91 Å². The van der Waals surface area contributed by atoms with E-state index in [9.17, 15) is 9.59 Å². The maximum absolute atomic E-state index is 11.9. The fourth-order valence-electron chi connectivity index (χ4n) is 1.31. The summed E-state index contributed by atoms with van der Waals surface area (Å²) in [4.78, 5) is 24.0. The van der Waals surface area contributed by atoms with E-state index < -0.39 is 0 Å². The standard InChI is InChI=1S/C12H8N2O2S2/c1-7(15)9-2-3-10(18-9)11(16)14-12-8(6-13)4-5-17-12/h2-5H,1H3,(H,14,16). The Hall–Kier alpha value is -1.97. The molecule has 2 aromatic rings. The first kappa shape index (κ1) is 12.5. The lowest BCUT2D eigenvalue weighted by Gasteiger charge is -2.00. The van der Waals surface area contributed by atoms with Crippen LogP contribution in [0.3, 0.4) is 0 Å². The predicted octanol–water partition coefficient (Wildman–Crippen LogP) is 3.14. The van der Waals surface area contributed by atoms with Crippen LogP contribution in [-0.2, 0) is 0 Å².